The average molecular weight is 173 g/mol. The third-order valence-electron chi connectivity index (χ3n) is 3.03. The van der Waals surface area contributed by atoms with Crippen LogP contribution in [0.3, 0.4) is 0 Å². The van der Waals surface area contributed by atoms with Gasteiger partial charge in [0.2, 0.25) is 0 Å². The van der Waals surface area contributed by atoms with Crippen LogP contribution in [0.5, 0.6) is 0 Å². The summed E-state index contributed by atoms with van der Waals surface area (Å²) in [6.45, 7) is 3.96. The Bertz CT molecular complexity index is 148. The minimum absolute atomic E-state index is 0.155. The molecule has 2 N–H and O–H groups in total. The molecule has 1 rings (SSSR count). The van der Waals surface area contributed by atoms with E-state index in [1.807, 2.05) is 0 Å². The van der Waals surface area contributed by atoms with Crippen LogP contribution in [0.15, 0.2) is 0 Å². The molecule has 0 saturated heterocycles. The molecule has 1 aliphatic carbocycles. The first kappa shape index (κ1) is 9.97. The average Bonchev–Trinajstić information content (AvgIpc) is 2.35. The summed E-state index contributed by atoms with van der Waals surface area (Å²) in [5.41, 5.74) is 4.44. The van der Waals surface area contributed by atoms with Crippen molar-refractivity contribution < 1.29 is 4.39 Å². The maximum Gasteiger partial charge on any atom is 0.120 e. The lowest BCUT2D eigenvalue weighted by molar-refractivity contribution is 0.111. The third-order valence-corrected chi connectivity index (χ3v) is 3.03. The SMILES string of the molecule is CC(F)(CN)CC1(C)CCCC1. The van der Waals surface area contributed by atoms with Crippen molar-refractivity contribution in [1.29, 1.82) is 0 Å². The van der Waals surface area contributed by atoms with E-state index in [-0.39, 0.29) is 12.0 Å². The van der Waals surface area contributed by atoms with Crippen molar-refractivity contribution in [1.82, 2.24) is 0 Å². The van der Waals surface area contributed by atoms with E-state index in [1.54, 1.807) is 6.92 Å². The van der Waals surface area contributed by atoms with Gasteiger partial charge < -0.3 is 5.73 Å². The van der Waals surface area contributed by atoms with E-state index in [4.69, 9.17) is 5.73 Å². The van der Waals surface area contributed by atoms with Crippen molar-refractivity contribution in [2.75, 3.05) is 6.54 Å². The molecule has 0 aromatic rings. The van der Waals surface area contributed by atoms with Crippen molar-refractivity contribution in [3.8, 4) is 0 Å². The van der Waals surface area contributed by atoms with Gasteiger partial charge in [0.25, 0.3) is 0 Å². The van der Waals surface area contributed by atoms with Crippen LogP contribution in [0, 0.1) is 5.41 Å². The Kier molecular flexibility index (Phi) is 2.77. The van der Waals surface area contributed by atoms with Crippen molar-refractivity contribution in [3.05, 3.63) is 0 Å². The first-order valence-corrected chi connectivity index (χ1v) is 4.86. The van der Waals surface area contributed by atoms with E-state index in [9.17, 15) is 4.39 Å². The summed E-state index contributed by atoms with van der Waals surface area (Å²) in [7, 11) is 0. The zero-order chi connectivity index (χ0) is 9.24. The van der Waals surface area contributed by atoms with Gasteiger partial charge in [0, 0.05) is 6.54 Å². The molecule has 0 amide bonds. The minimum atomic E-state index is -1.15. The normalized spacial score (nSPS) is 27.0. The van der Waals surface area contributed by atoms with Crippen LogP contribution in [0.25, 0.3) is 0 Å². The quantitative estimate of drug-likeness (QED) is 0.697. The molecule has 0 aromatic heterocycles. The number of nitrogens with two attached hydrogens (primary N) is 1. The van der Waals surface area contributed by atoms with Gasteiger partial charge >= 0.3 is 0 Å². The predicted molar refractivity (Wildman–Crippen MR) is 49.8 cm³/mol. The van der Waals surface area contributed by atoms with Gasteiger partial charge in [-0.15, -0.1) is 0 Å². The fourth-order valence-electron chi connectivity index (χ4n) is 2.37. The van der Waals surface area contributed by atoms with Gasteiger partial charge in [-0.2, -0.15) is 0 Å². The highest BCUT2D eigenvalue weighted by atomic mass is 19.1. The van der Waals surface area contributed by atoms with Crippen LogP contribution < -0.4 is 5.73 Å². The zero-order valence-corrected chi connectivity index (χ0v) is 8.20. The number of hydrogen-bond acceptors (Lipinski definition) is 1. The number of hydrogen-bond donors (Lipinski definition) is 1. The van der Waals surface area contributed by atoms with Crippen molar-refractivity contribution in [2.24, 2.45) is 11.1 Å². The highest BCUT2D eigenvalue weighted by Gasteiger charge is 2.36. The van der Waals surface area contributed by atoms with Crippen LogP contribution in [0.4, 0.5) is 4.39 Å². The molecule has 1 nitrogen and oxygen atoms in total. The Morgan fingerprint density at radius 1 is 1.42 bits per heavy atom. The fourth-order valence-corrected chi connectivity index (χ4v) is 2.37. The second-order valence-electron chi connectivity index (χ2n) is 4.81. The van der Waals surface area contributed by atoms with Crippen LogP contribution >= 0.6 is 0 Å². The summed E-state index contributed by atoms with van der Waals surface area (Å²) in [6.07, 6.45) is 5.50. The van der Waals surface area contributed by atoms with Gasteiger partial charge in [0.1, 0.15) is 5.67 Å². The molecule has 0 bridgehead atoms. The Morgan fingerprint density at radius 3 is 2.33 bits per heavy atom. The first-order valence-electron chi connectivity index (χ1n) is 4.86. The molecule has 0 heterocycles. The summed E-state index contributed by atoms with van der Waals surface area (Å²) in [5, 5.41) is 0. The highest BCUT2D eigenvalue weighted by Crippen LogP contribution is 2.44. The van der Waals surface area contributed by atoms with Crippen LogP contribution in [0.1, 0.15) is 46.0 Å². The lowest BCUT2D eigenvalue weighted by Crippen LogP contribution is -2.34. The maximum atomic E-state index is 13.6. The Labute approximate surface area is 74.5 Å². The first-order chi connectivity index (χ1) is 5.47. The molecule has 1 saturated carbocycles. The van der Waals surface area contributed by atoms with Crippen molar-refractivity contribution in [3.63, 3.8) is 0 Å². The molecular weight excluding hydrogens is 153 g/mol. The van der Waals surface area contributed by atoms with E-state index in [0.717, 1.165) is 0 Å². The van der Waals surface area contributed by atoms with Crippen molar-refractivity contribution >= 4 is 0 Å². The molecule has 12 heavy (non-hydrogen) atoms. The highest BCUT2D eigenvalue weighted by molar-refractivity contribution is 4.88. The summed E-state index contributed by atoms with van der Waals surface area (Å²) in [6, 6.07) is 0. The molecule has 0 radical (unpaired) electrons. The monoisotopic (exact) mass is 173 g/mol. The Balaban J connectivity index is 2.48. The van der Waals surface area contributed by atoms with E-state index in [2.05, 4.69) is 6.92 Å². The minimum Gasteiger partial charge on any atom is -0.328 e. The molecule has 0 aromatic carbocycles. The number of halogens is 1. The maximum absolute atomic E-state index is 13.6. The molecule has 1 fully saturated rings. The molecule has 1 unspecified atom stereocenters. The Morgan fingerprint density at radius 2 is 1.92 bits per heavy atom. The van der Waals surface area contributed by atoms with E-state index in [1.165, 1.54) is 25.7 Å². The molecule has 1 atom stereocenters. The number of alkyl halides is 1. The van der Waals surface area contributed by atoms with E-state index >= 15 is 0 Å². The second-order valence-corrected chi connectivity index (χ2v) is 4.81. The molecular formula is C10H20FN. The van der Waals surface area contributed by atoms with Crippen LogP contribution in [0.2, 0.25) is 0 Å². The van der Waals surface area contributed by atoms with Gasteiger partial charge in [-0.3, -0.25) is 0 Å². The summed E-state index contributed by atoms with van der Waals surface area (Å²) >= 11 is 0. The summed E-state index contributed by atoms with van der Waals surface area (Å²) in [4.78, 5) is 0. The number of rotatable bonds is 3. The molecule has 0 spiro atoms. The third kappa shape index (κ3) is 2.44. The van der Waals surface area contributed by atoms with Gasteiger partial charge in [-0.1, -0.05) is 19.8 Å². The van der Waals surface area contributed by atoms with Crippen LogP contribution in [-0.2, 0) is 0 Å². The molecule has 72 valence electrons. The van der Waals surface area contributed by atoms with E-state index < -0.39 is 5.67 Å². The largest absolute Gasteiger partial charge is 0.328 e. The fraction of sp³-hybridized carbons (Fsp3) is 1.00. The van der Waals surface area contributed by atoms with Gasteiger partial charge in [-0.25, -0.2) is 4.39 Å². The van der Waals surface area contributed by atoms with E-state index in [0.29, 0.717) is 6.42 Å². The standard InChI is InChI=1S/C10H20FN/c1-9(5-3-4-6-9)7-10(2,11)8-12/h3-8,12H2,1-2H3. The smallest absolute Gasteiger partial charge is 0.120 e. The van der Waals surface area contributed by atoms with Gasteiger partial charge in [0.15, 0.2) is 0 Å². The van der Waals surface area contributed by atoms with Gasteiger partial charge in [-0.05, 0) is 31.6 Å². The Hall–Kier alpha value is -0.110. The lowest BCUT2D eigenvalue weighted by atomic mass is 9.79. The van der Waals surface area contributed by atoms with Gasteiger partial charge in [0.05, 0.1) is 0 Å². The summed E-state index contributed by atoms with van der Waals surface area (Å²) < 4.78 is 13.6. The van der Waals surface area contributed by atoms with Crippen molar-refractivity contribution in [2.45, 2.75) is 51.6 Å². The molecule has 1 aliphatic rings. The second kappa shape index (κ2) is 3.33. The lowest BCUT2D eigenvalue weighted by Gasteiger charge is -2.30. The summed E-state index contributed by atoms with van der Waals surface area (Å²) in [5.74, 6) is 0. The zero-order valence-electron chi connectivity index (χ0n) is 8.20. The predicted octanol–water partition coefficient (Wildman–Crippen LogP) is 2.64. The topological polar surface area (TPSA) is 26.0 Å². The molecule has 2 heteroatoms. The van der Waals surface area contributed by atoms with Crippen LogP contribution in [-0.4, -0.2) is 12.2 Å². The molecule has 0 aliphatic heterocycles.